The molecule has 0 atom stereocenters. The number of anilines is 1. The first-order valence-electron chi connectivity index (χ1n) is 5.02. The third-order valence-electron chi connectivity index (χ3n) is 2.08. The molecule has 1 aromatic rings. The summed E-state index contributed by atoms with van der Waals surface area (Å²) in [5.41, 5.74) is 8.84. The summed E-state index contributed by atoms with van der Waals surface area (Å²) >= 11 is 4.27. The van der Waals surface area contributed by atoms with Gasteiger partial charge >= 0.3 is 6.09 Å². The Labute approximate surface area is 121 Å². The highest BCUT2D eigenvalue weighted by molar-refractivity contribution is 9.11. The standard InChI is InChI=1S/C10H12BrN3O4S/c1-10(2,18-9(13)17)8(16)14-4-3-5(11)19-6(4)7(12)15/h3H,1-2H3,(H2,12,15)(H2,13,17)(H,14,16). The van der Waals surface area contributed by atoms with Crippen LogP contribution in [0.15, 0.2) is 9.85 Å². The van der Waals surface area contributed by atoms with Gasteiger partial charge < -0.3 is 21.5 Å². The second-order valence-corrected chi connectivity index (χ2v) is 6.47. The van der Waals surface area contributed by atoms with Gasteiger partial charge in [-0.25, -0.2) is 4.79 Å². The molecule has 0 aliphatic carbocycles. The van der Waals surface area contributed by atoms with Crippen molar-refractivity contribution in [3.63, 3.8) is 0 Å². The van der Waals surface area contributed by atoms with E-state index in [4.69, 9.17) is 11.5 Å². The Hall–Kier alpha value is -1.61. The Balaban J connectivity index is 2.94. The molecule has 1 heterocycles. The van der Waals surface area contributed by atoms with E-state index in [0.29, 0.717) is 3.79 Å². The van der Waals surface area contributed by atoms with E-state index in [-0.39, 0.29) is 10.6 Å². The van der Waals surface area contributed by atoms with Gasteiger partial charge in [0.1, 0.15) is 4.88 Å². The van der Waals surface area contributed by atoms with Crippen molar-refractivity contribution < 1.29 is 19.1 Å². The summed E-state index contributed by atoms with van der Waals surface area (Å²) in [6, 6.07) is 1.53. The number of halogens is 1. The van der Waals surface area contributed by atoms with Crippen molar-refractivity contribution in [1.29, 1.82) is 0 Å². The minimum Gasteiger partial charge on any atom is -0.434 e. The van der Waals surface area contributed by atoms with E-state index in [9.17, 15) is 14.4 Å². The lowest BCUT2D eigenvalue weighted by molar-refractivity contribution is -0.130. The number of hydrogen-bond donors (Lipinski definition) is 3. The van der Waals surface area contributed by atoms with Crippen LogP contribution in [0.25, 0.3) is 0 Å². The number of thiophene rings is 1. The summed E-state index contributed by atoms with van der Waals surface area (Å²) in [7, 11) is 0. The number of primary amides is 2. The molecular weight excluding hydrogens is 338 g/mol. The smallest absolute Gasteiger partial charge is 0.405 e. The second-order valence-electron chi connectivity index (χ2n) is 4.04. The molecule has 0 saturated carbocycles. The minimum atomic E-state index is -1.46. The summed E-state index contributed by atoms with van der Waals surface area (Å²) < 4.78 is 5.31. The maximum atomic E-state index is 11.9. The van der Waals surface area contributed by atoms with Crippen LogP contribution in [0.1, 0.15) is 23.5 Å². The Morgan fingerprint density at radius 1 is 1.37 bits per heavy atom. The number of carbonyl (C=O) groups is 3. The molecule has 9 heteroatoms. The molecule has 7 nitrogen and oxygen atoms in total. The molecule has 0 fully saturated rings. The van der Waals surface area contributed by atoms with E-state index in [1.165, 1.54) is 19.9 Å². The molecule has 0 bridgehead atoms. The molecule has 3 amide bonds. The van der Waals surface area contributed by atoms with E-state index < -0.39 is 23.5 Å². The molecule has 0 aromatic carbocycles. The number of hydrogen-bond acceptors (Lipinski definition) is 5. The molecule has 1 rings (SSSR count). The van der Waals surface area contributed by atoms with Gasteiger partial charge in [0.25, 0.3) is 11.8 Å². The minimum absolute atomic E-state index is 0.190. The van der Waals surface area contributed by atoms with Crippen LogP contribution in [-0.2, 0) is 9.53 Å². The largest absolute Gasteiger partial charge is 0.434 e. The van der Waals surface area contributed by atoms with Crippen LogP contribution in [0.3, 0.4) is 0 Å². The monoisotopic (exact) mass is 349 g/mol. The number of carbonyl (C=O) groups excluding carboxylic acids is 3. The van der Waals surface area contributed by atoms with Crippen LogP contribution < -0.4 is 16.8 Å². The third-order valence-corrected chi connectivity index (χ3v) is 3.73. The molecule has 1 aromatic heterocycles. The first kappa shape index (κ1) is 15.4. The maximum Gasteiger partial charge on any atom is 0.405 e. The first-order valence-corrected chi connectivity index (χ1v) is 6.63. The van der Waals surface area contributed by atoms with Crippen LogP contribution in [0.4, 0.5) is 10.5 Å². The summed E-state index contributed by atoms with van der Waals surface area (Å²) in [5.74, 6) is -1.29. The van der Waals surface area contributed by atoms with Gasteiger partial charge in [-0.05, 0) is 35.8 Å². The lowest BCUT2D eigenvalue weighted by atomic mass is 10.1. The first-order chi connectivity index (χ1) is 8.63. The van der Waals surface area contributed by atoms with Crippen LogP contribution in [0.2, 0.25) is 0 Å². The summed E-state index contributed by atoms with van der Waals surface area (Å²) in [6.45, 7) is 2.75. The molecule has 0 aliphatic heterocycles. The van der Waals surface area contributed by atoms with Crippen molar-refractivity contribution in [2.24, 2.45) is 11.5 Å². The highest BCUT2D eigenvalue weighted by Gasteiger charge is 2.32. The van der Waals surface area contributed by atoms with E-state index in [1.54, 1.807) is 0 Å². The van der Waals surface area contributed by atoms with Gasteiger partial charge in [-0.2, -0.15) is 0 Å². The lowest BCUT2D eigenvalue weighted by Crippen LogP contribution is -2.43. The fraction of sp³-hybridized carbons (Fsp3) is 0.300. The SMILES string of the molecule is CC(C)(OC(N)=O)C(=O)Nc1cc(Br)sc1C(N)=O. The zero-order chi connectivity index (χ0) is 14.8. The zero-order valence-electron chi connectivity index (χ0n) is 10.2. The molecule has 0 radical (unpaired) electrons. The third kappa shape index (κ3) is 3.93. The molecule has 5 N–H and O–H groups in total. The molecule has 104 valence electrons. The number of rotatable bonds is 4. The average molecular weight is 350 g/mol. The van der Waals surface area contributed by atoms with Gasteiger partial charge in [-0.15, -0.1) is 11.3 Å². The van der Waals surface area contributed by atoms with E-state index in [2.05, 4.69) is 26.0 Å². The Morgan fingerprint density at radius 2 is 1.95 bits per heavy atom. The van der Waals surface area contributed by atoms with Crippen LogP contribution in [0.5, 0.6) is 0 Å². The zero-order valence-corrected chi connectivity index (χ0v) is 12.6. The maximum absolute atomic E-state index is 11.9. The van der Waals surface area contributed by atoms with Crippen molar-refractivity contribution in [1.82, 2.24) is 0 Å². The quantitative estimate of drug-likeness (QED) is 0.759. The Bertz CT molecular complexity index is 541. The number of nitrogens with one attached hydrogen (secondary N) is 1. The Kier molecular flexibility index (Phi) is 4.53. The highest BCUT2D eigenvalue weighted by Crippen LogP contribution is 2.31. The molecule has 0 spiro atoms. The van der Waals surface area contributed by atoms with E-state index in [1.807, 2.05) is 0 Å². The van der Waals surface area contributed by atoms with E-state index >= 15 is 0 Å². The lowest BCUT2D eigenvalue weighted by Gasteiger charge is -2.22. The van der Waals surface area contributed by atoms with Crippen LogP contribution in [0, 0.1) is 0 Å². The summed E-state index contributed by atoms with van der Waals surface area (Å²) in [6.07, 6.45) is -1.07. The predicted octanol–water partition coefficient (Wildman–Crippen LogP) is 1.42. The molecule has 0 unspecified atom stereocenters. The van der Waals surface area contributed by atoms with Crippen molar-refractivity contribution >= 4 is 50.9 Å². The van der Waals surface area contributed by atoms with Crippen molar-refractivity contribution in [2.45, 2.75) is 19.4 Å². The molecular formula is C10H12BrN3O4S. The number of nitrogens with two attached hydrogens (primary N) is 2. The summed E-state index contributed by atoms with van der Waals surface area (Å²) in [5, 5.41) is 2.47. The van der Waals surface area contributed by atoms with Gasteiger partial charge in [-0.3, -0.25) is 9.59 Å². The Morgan fingerprint density at radius 3 is 2.42 bits per heavy atom. The molecule has 0 saturated heterocycles. The van der Waals surface area contributed by atoms with Gasteiger partial charge in [0, 0.05) is 0 Å². The second kappa shape index (κ2) is 5.57. The van der Waals surface area contributed by atoms with Crippen LogP contribution >= 0.6 is 27.3 Å². The van der Waals surface area contributed by atoms with E-state index in [0.717, 1.165) is 11.3 Å². The van der Waals surface area contributed by atoms with Gasteiger partial charge in [0.15, 0.2) is 5.60 Å². The predicted molar refractivity (Wildman–Crippen MR) is 73.9 cm³/mol. The number of amides is 3. The van der Waals surface area contributed by atoms with Gasteiger partial charge in [0.2, 0.25) is 0 Å². The fourth-order valence-electron chi connectivity index (χ4n) is 1.21. The van der Waals surface area contributed by atoms with Gasteiger partial charge in [-0.1, -0.05) is 0 Å². The fourth-order valence-corrected chi connectivity index (χ4v) is 2.61. The van der Waals surface area contributed by atoms with Gasteiger partial charge in [0.05, 0.1) is 9.47 Å². The highest BCUT2D eigenvalue weighted by atomic mass is 79.9. The van der Waals surface area contributed by atoms with Crippen molar-refractivity contribution in [2.75, 3.05) is 5.32 Å². The molecule has 19 heavy (non-hydrogen) atoms. The van der Waals surface area contributed by atoms with Crippen molar-refractivity contribution in [3.05, 3.63) is 14.7 Å². The normalized spacial score (nSPS) is 10.9. The topological polar surface area (TPSA) is 125 Å². The van der Waals surface area contributed by atoms with Crippen LogP contribution in [-0.4, -0.2) is 23.5 Å². The average Bonchev–Trinajstić information content (AvgIpc) is 2.57. The molecule has 0 aliphatic rings. The van der Waals surface area contributed by atoms with Crippen molar-refractivity contribution in [3.8, 4) is 0 Å². The number of ether oxygens (including phenoxy) is 1. The summed E-state index contributed by atoms with van der Waals surface area (Å²) in [4.78, 5) is 34.0.